The third kappa shape index (κ3) is 1.98. The molecule has 0 saturated heterocycles. The molecule has 0 N–H and O–H groups in total. The molecule has 2 aromatic heterocycles. The number of hydrogen-bond donors (Lipinski definition) is 0. The molecular formula is C14H11ClN4O. The number of carbonyl (C=O) groups is 1. The van der Waals surface area contributed by atoms with Gasteiger partial charge in [-0.3, -0.25) is 4.79 Å². The van der Waals surface area contributed by atoms with Crippen LogP contribution in [-0.2, 0) is 17.8 Å². The Morgan fingerprint density at radius 1 is 1.55 bits per heavy atom. The lowest BCUT2D eigenvalue weighted by Crippen LogP contribution is -2.34. The first-order valence-corrected chi connectivity index (χ1v) is 6.58. The highest BCUT2D eigenvalue weighted by Crippen LogP contribution is 2.32. The molecule has 1 aliphatic rings. The second kappa shape index (κ2) is 4.73. The summed E-state index contributed by atoms with van der Waals surface area (Å²) in [6.07, 6.45) is 2.17. The van der Waals surface area contributed by atoms with Gasteiger partial charge >= 0.3 is 0 Å². The van der Waals surface area contributed by atoms with Crippen molar-refractivity contribution < 1.29 is 4.79 Å². The predicted molar refractivity (Wildman–Crippen MR) is 75.6 cm³/mol. The molecule has 0 saturated carbocycles. The lowest BCUT2D eigenvalue weighted by atomic mass is 10.0. The molecule has 5 nitrogen and oxygen atoms in total. The van der Waals surface area contributed by atoms with Crippen LogP contribution in [0.1, 0.15) is 18.2 Å². The summed E-state index contributed by atoms with van der Waals surface area (Å²) in [5, 5.41) is 1.22. The van der Waals surface area contributed by atoms with Gasteiger partial charge in [-0.05, 0) is 6.07 Å². The Balaban J connectivity index is 2.19. The van der Waals surface area contributed by atoms with Crippen LogP contribution >= 0.6 is 11.6 Å². The highest BCUT2D eigenvalue weighted by Gasteiger charge is 2.23. The van der Waals surface area contributed by atoms with Crippen molar-refractivity contribution in [1.29, 1.82) is 0 Å². The maximum absolute atomic E-state index is 11.5. The number of rotatable bonds is 0. The van der Waals surface area contributed by atoms with Crippen LogP contribution < -0.4 is 0 Å². The summed E-state index contributed by atoms with van der Waals surface area (Å²) in [5.41, 5.74) is 2.74. The maximum Gasteiger partial charge on any atom is 0.219 e. The van der Waals surface area contributed by atoms with E-state index in [2.05, 4.69) is 14.8 Å². The Morgan fingerprint density at radius 2 is 2.35 bits per heavy atom. The summed E-state index contributed by atoms with van der Waals surface area (Å²) < 4.78 is 0. The van der Waals surface area contributed by atoms with Crippen molar-refractivity contribution >= 4 is 34.2 Å². The number of pyridine rings is 2. The summed E-state index contributed by atoms with van der Waals surface area (Å²) in [7, 11) is 0. The van der Waals surface area contributed by atoms with E-state index in [-0.39, 0.29) is 5.91 Å². The van der Waals surface area contributed by atoms with Crippen molar-refractivity contribution in [3.63, 3.8) is 0 Å². The first-order valence-electron chi connectivity index (χ1n) is 6.20. The van der Waals surface area contributed by atoms with E-state index in [1.165, 1.54) is 6.20 Å². The molecule has 0 fully saturated rings. The van der Waals surface area contributed by atoms with Gasteiger partial charge in [0.25, 0.3) is 0 Å². The number of aromatic nitrogens is 2. The molecule has 3 rings (SSSR count). The third-order valence-corrected chi connectivity index (χ3v) is 3.92. The van der Waals surface area contributed by atoms with Crippen LogP contribution in [0.4, 0.5) is 5.69 Å². The van der Waals surface area contributed by atoms with Crippen molar-refractivity contribution in [2.45, 2.75) is 19.9 Å². The lowest BCUT2D eigenvalue weighted by Gasteiger charge is -2.28. The zero-order chi connectivity index (χ0) is 14.3. The third-order valence-electron chi connectivity index (χ3n) is 3.48. The van der Waals surface area contributed by atoms with E-state index in [4.69, 9.17) is 18.2 Å². The van der Waals surface area contributed by atoms with Crippen molar-refractivity contribution in [2.75, 3.05) is 6.54 Å². The van der Waals surface area contributed by atoms with Gasteiger partial charge in [-0.1, -0.05) is 11.6 Å². The molecule has 100 valence electrons. The molecule has 6 heteroatoms. The minimum absolute atomic E-state index is 0.0276. The highest BCUT2D eigenvalue weighted by molar-refractivity contribution is 6.36. The lowest BCUT2D eigenvalue weighted by molar-refractivity contribution is -0.129. The molecule has 0 aromatic carbocycles. The maximum atomic E-state index is 11.5. The first-order chi connectivity index (χ1) is 9.60. The van der Waals surface area contributed by atoms with E-state index < -0.39 is 0 Å². The van der Waals surface area contributed by atoms with E-state index >= 15 is 0 Å². The van der Waals surface area contributed by atoms with Gasteiger partial charge in [0.15, 0.2) is 5.65 Å². The molecule has 0 aliphatic carbocycles. The van der Waals surface area contributed by atoms with Crippen LogP contribution in [0.15, 0.2) is 12.3 Å². The van der Waals surface area contributed by atoms with Gasteiger partial charge in [0.1, 0.15) is 0 Å². The molecule has 20 heavy (non-hydrogen) atoms. The Bertz CT molecular complexity index is 766. The number of halogens is 1. The first kappa shape index (κ1) is 12.8. The normalized spacial score (nSPS) is 13.9. The van der Waals surface area contributed by atoms with E-state index in [1.807, 2.05) is 0 Å². The standard InChI is InChI=1S/C14H11ClN4O/c1-8(20)19-4-3-12-11(7-19)13(15)10-5-9(16-2)6-17-14(10)18-12/h5-6H,3-4,7H2,1H3. The average Bonchev–Trinajstić information content (AvgIpc) is 2.47. The van der Waals surface area contributed by atoms with E-state index in [9.17, 15) is 4.79 Å². The second-order valence-electron chi connectivity index (χ2n) is 4.72. The predicted octanol–water partition coefficient (Wildman–Crippen LogP) is 2.74. The minimum Gasteiger partial charge on any atom is -0.338 e. The minimum atomic E-state index is 0.0276. The van der Waals surface area contributed by atoms with Crippen molar-refractivity contribution in [3.8, 4) is 0 Å². The largest absolute Gasteiger partial charge is 0.338 e. The molecule has 0 bridgehead atoms. The summed E-state index contributed by atoms with van der Waals surface area (Å²) in [6.45, 7) is 9.70. The number of nitrogens with zero attached hydrogens (tertiary/aromatic N) is 4. The zero-order valence-corrected chi connectivity index (χ0v) is 11.6. The fourth-order valence-corrected chi connectivity index (χ4v) is 2.70. The van der Waals surface area contributed by atoms with Gasteiger partial charge in [0, 0.05) is 43.6 Å². The molecule has 0 radical (unpaired) electrons. The van der Waals surface area contributed by atoms with Crippen LogP contribution in [0.25, 0.3) is 15.9 Å². The molecule has 0 spiro atoms. The molecule has 0 atom stereocenters. The number of amides is 1. The molecule has 2 aromatic rings. The second-order valence-corrected chi connectivity index (χ2v) is 5.10. The Kier molecular flexibility index (Phi) is 3.03. The SMILES string of the molecule is [C-]#[N+]c1cnc2nc3c(c(Cl)c2c1)CN(C(C)=O)CC3. The van der Waals surface area contributed by atoms with Crippen LogP contribution in [-0.4, -0.2) is 27.3 Å². The molecular weight excluding hydrogens is 276 g/mol. The van der Waals surface area contributed by atoms with Gasteiger partial charge < -0.3 is 4.90 Å². The Labute approximate surface area is 121 Å². The average molecular weight is 287 g/mol. The Morgan fingerprint density at radius 3 is 3.05 bits per heavy atom. The van der Waals surface area contributed by atoms with Crippen LogP contribution in [0, 0.1) is 6.57 Å². The van der Waals surface area contributed by atoms with Crippen LogP contribution in [0.5, 0.6) is 0 Å². The summed E-state index contributed by atoms with van der Waals surface area (Å²) in [4.78, 5) is 25.3. The van der Waals surface area contributed by atoms with E-state index in [1.54, 1.807) is 17.9 Å². The van der Waals surface area contributed by atoms with E-state index in [0.717, 1.165) is 11.3 Å². The monoisotopic (exact) mass is 286 g/mol. The van der Waals surface area contributed by atoms with Crippen molar-refractivity contribution in [1.82, 2.24) is 14.9 Å². The number of carbonyl (C=O) groups excluding carboxylic acids is 1. The molecule has 1 amide bonds. The summed E-state index contributed by atoms with van der Waals surface area (Å²) in [5.74, 6) is 0.0276. The fourth-order valence-electron chi connectivity index (χ4n) is 2.39. The summed E-state index contributed by atoms with van der Waals surface area (Å²) in [6, 6.07) is 1.69. The van der Waals surface area contributed by atoms with E-state index in [0.29, 0.717) is 41.3 Å². The topological polar surface area (TPSA) is 50.5 Å². The molecule has 1 aliphatic heterocycles. The number of hydrogen-bond acceptors (Lipinski definition) is 3. The highest BCUT2D eigenvalue weighted by atomic mass is 35.5. The molecule has 3 heterocycles. The molecule has 0 unspecified atom stereocenters. The van der Waals surface area contributed by atoms with Crippen LogP contribution in [0.3, 0.4) is 0 Å². The quantitative estimate of drug-likeness (QED) is 0.700. The van der Waals surface area contributed by atoms with Crippen molar-refractivity contribution in [3.05, 3.63) is 40.0 Å². The van der Waals surface area contributed by atoms with Gasteiger partial charge in [-0.25, -0.2) is 14.8 Å². The number of fused-ring (bicyclic) bond motifs is 2. The van der Waals surface area contributed by atoms with Gasteiger partial charge in [-0.2, -0.15) is 0 Å². The van der Waals surface area contributed by atoms with Gasteiger partial charge in [0.2, 0.25) is 11.6 Å². The van der Waals surface area contributed by atoms with Gasteiger partial charge in [-0.15, -0.1) is 0 Å². The van der Waals surface area contributed by atoms with Crippen LogP contribution in [0.2, 0.25) is 5.02 Å². The summed E-state index contributed by atoms with van der Waals surface area (Å²) >= 11 is 6.44. The van der Waals surface area contributed by atoms with Crippen molar-refractivity contribution in [2.24, 2.45) is 0 Å². The zero-order valence-electron chi connectivity index (χ0n) is 10.9. The smallest absolute Gasteiger partial charge is 0.219 e. The van der Waals surface area contributed by atoms with Gasteiger partial charge in [0.05, 0.1) is 17.3 Å². The Hall–Kier alpha value is -2.19. The fraction of sp³-hybridized carbons (Fsp3) is 0.286.